The van der Waals surface area contributed by atoms with Crippen molar-refractivity contribution in [1.29, 1.82) is 0 Å². The van der Waals surface area contributed by atoms with Crippen LogP contribution in [0.25, 0.3) is 0 Å². The molecule has 1 aliphatic carbocycles. The van der Waals surface area contributed by atoms with E-state index in [2.05, 4.69) is 20.9 Å². The number of amides is 4. The van der Waals surface area contributed by atoms with Gasteiger partial charge in [-0.1, -0.05) is 12.8 Å². The summed E-state index contributed by atoms with van der Waals surface area (Å²) in [7, 11) is 5.80. The zero-order valence-corrected chi connectivity index (χ0v) is 22.3. The summed E-state index contributed by atoms with van der Waals surface area (Å²) in [6.45, 7) is 1.85. The topological polar surface area (TPSA) is 112 Å². The van der Waals surface area contributed by atoms with Crippen LogP contribution in [-0.2, 0) is 9.53 Å². The van der Waals surface area contributed by atoms with E-state index < -0.39 is 0 Å². The van der Waals surface area contributed by atoms with Gasteiger partial charge in [-0.15, -0.1) is 0 Å². The summed E-state index contributed by atoms with van der Waals surface area (Å²) in [4.78, 5) is 42.0. The van der Waals surface area contributed by atoms with Crippen molar-refractivity contribution in [3.05, 3.63) is 23.8 Å². The van der Waals surface area contributed by atoms with E-state index in [1.807, 2.05) is 14.1 Å². The summed E-state index contributed by atoms with van der Waals surface area (Å²) in [5, 5.41) is 8.82. The SMILES string of the molecule is CN(C)CCCNC(=O)C[C@@H]1CC[C@@H]2[C@@H](COc3ccc(NC(=O)NC4CCCC4)cc3C(=O)N2C)O1. The maximum Gasteiger partial charge on any atom is 0.319 e. The number of likely N-dealkylation sites (N-methyl/N-ethyl adjacent to an activating group) is 1. The van der Waals surface area contributed by atoms with Crippen LogP contribution in [0.15, 0.2) is 18.2 Å². The highest BCUT2D eigenvalue weighted by atomic mass is 16.5. The maximum absolute atomic E-state index is 13.4. The van der Waals surface area contributed by atoms with E-state index >= 15 is 0 Å². The normalized spacial score (nSPS) is 23.9. The average molecular weight is 516 g/mol. The Hall–Kier alpha value is -2.85. The number of nitrogens with zero attached hydrogens (tertiary/aromatic N) is 2. The van der Waals surface area contributed by atoms with Crippen molar-refractivity contribution in [1.82, 2.24) is 20.4 Å². The Morgan fingerprint density at radius 3 is 2.68 bits per heavy atom. The van der Waals surface area contributed by atoms with Gasteiger partial charge in [0.2, 0.25) is 5.91 Å². The molecule has 1 aromatic rings. The standard InChI is InChI=1S/C27H41N5O5/c1-31(2)14-6-13-28-25(33)16-20-10-11-22-24(37-20)17-36-23-12-9-19(15-21(23)26(34)32(22)3)30-27(35)29-18-7-4-5-8-18/h9,12,15,18,20,22,24H,4-8,10-11,13-14,16-17H2,1-3H3,(H,28,33)(H2,29,30,35)/t20-,22+,24+/m0/s1. The number of fused-ring (bicyclic) bond motifs is 2. The van der Waals surface area contributed by atoms with Crippen LogP contribution in [-0.4, -0.2) is 92.8 Å². The van der Waals surface area contributed by atoms with Gasteiger partial charge in [-0.2, -0.15) is 0 Å². The Balaban J connectivity index is 1.34. The summed E-state index contributed by atoms with van der Waals surface area (Å²) in [6, 6.07) is 4.94. The molecule has 1 saturated heterocycles. The molecule has 1 aromatic carbocycles. The first-order chi connectivity index (χ1) is 17.8. The van der Waals surface area contributed by atoms with E-state index in [4.69, 9.17) is 9.47 Å². The predicted octanol–water partition coefficient (Wildman–Crippen LogP) is 2.59. The number of carbonyl (C=O) groups excluding carboxylic acids is 3. The van der Waals surface area contributed by atoms with Gasteiger partial charge in [-0.05, 0) is 70.9 Å². The van der Waals surface area contributed by atoms with Crippen molar-refractivity contribution in [3.8, 4) is 5.75 Å². The molecular weight excluding hydrogens is 474 g/mol. The molecule has 0 radical (unpaired) electrons. The Morgan fingerprint density at radius 2 is 1.92 bits per heavy atom. The average Bonchev–Trinajstić information content (AvgIpc) is 3.37. The lowest BCUT2D eigenvalue weighted by molar-refractivity contribution is -0.134. The molecule has 0 unspecified atom stereocenters. The molecular formula is C27H41N5O5. The largest absolute Gasteiger partial charge is 0.490 e. The second-order valence-corrected chi connectivity index (χ2v) is 10.7. The molecule has 4 amide bonds. The van der Waals surface area contributed by atoms with Gasteiger partial charge in [0, 0.05) is 25.3 Å². The monoisotopic (exact) mass is 515 g/mol. The van der Waals surface area contributed by atoms with E-state index in [-0.39, 0.29) is 48.7 Å². The van der Waals surface area contributed by atoms with Crippen LogP contribution in [0.5, 0.6) is 5.75 Å². The number of urea groups is 1. The number of anilines is 1. The van der Waals surface area contributed by atoms with E-state index in [1.165, 1.54) is 0 Å². The summed E-state index contributed by atoms with van der Waals surface area (Å²) in [6.07, 6.45) is 6.38. The van der Waals surface area contributed by atoms with Gasteiger partial charge in [0.05, 0.1) is 24.1 Å². The smallest absolute Gasteiger partial charge is 0.319 e. The van der Waals surface area contributed by atoms with E-state index in [1.54, 1.807) is 30.1 Å². The van der Waals surface area contributed by atoms with Gasteiger partial charge in [0.25, 0.3) is 5.91 Å². The number of carbonyl (C=O) groups is 3. The lowest BCUT2D eigenvalue weighted by atomic mass is 9.94. The van der Waals surface area contributed by atoms with Crippen LogP contribution in [0.4, 0.5) is 10.5 Å². The fourth-order valence-electron chi connectivity index (χ4n) is 5.43. The first kappa shape index (κ1) is 27.2. The molecule has 0 aromatic heterocycles. The molecule has 3 aliphatic rings. The third kappa shape index (κ3) is 7.35. The minimum Gasteiger partial charge on any atom is -0.490 e. The van der Waals surface area contributed by atoms with Gasteiger partial charge in [-0.25, -0.2) is 4.79 Å². The molecule has 0 spiro atoms. The Labute approximate surface area is 219 Å². The predicted molar refractivity (Wildman–Crippen MR) is 141 cm³/mol. The van der Waals surface area contributed by atoms with Crippen LogP contribution in [0.3, 0.4) is 0 Å². The third-order valence-electron chi connectivity index (χ3n) is 7.48. The van der Waals surface area contributed by atoms with Gasteiger partial charge in [0.1, 0.15) is 18.5 Å². The molecule has 3 N–H and O–H groups in total. The summed E-state index contributed by atoms with van der Waals surface area (Å²) in [5.41, 5.74) is 0.965. The summed E-state index contributed by atoms with van der Waals surface area (Å²) < 4.78 is 12.3. The molecule has 4 rings (SSSR count). The maximum atomic E-state index is 13.4. The molecule has 10 heteroatoms. The molecule has 10 nitrogen and oxygen atoms in total. The first-order valence-electron chi connectivity index (χ1n) is 13.5. The number of hydrogen-bond donors (Lipinski definition) is 3. The molecule has 204 valence electrons. The van der Waals surface area contributed by atoms with Gasteiger partial charge >= 0.3 is 6.03 Å². The molecule has 0 bridgehead atoms. The molecule has 2 heterocycles. The fourth-order valence-corrected chi connectivity index (χ4v) is 5.43. The van der Waals surface area contributed by atoms with Crippen molar-refractivity contribution >= 4 is 23.5 Å². The van der Waals surface area contributed by atoms with Crippen molar-refractivity contribution in [3.63, 3.8) is 0 Å². The molecule has 2 aliphatic heterocycles. The minimum absolute atomic E-state index is 0.0132. The molecule has 1 saturated carbocycles. The van der Waals surface area contributed by atoms with Crippen molar-refractivity contribution in [2.24, 2.45) is 0 Å². The second-order valence-electron chi connectivity index (χ2n) is 10.7. The van der Waals surface area contributed by atoms with Gasteiger partial charge in [0.15, 0.2) is 0 Å². The molecule has 37 heavy (non-hydrogen) atoms. The Bertz CT molecular complexity index is 965. The van der Waals surface area contributed by atoms with Crippen LogP contribution in [0.2, 0.25) is 0 Å². The summed E-state index contributed by atoms with van der Waals surface area (Å²) >= 11 is 0. The van der Waals surface area contributed by atoms with Crippen LogP contribution < -0.4 is 20.7 Å². The highest BCUT2D eigenvalue weighted by Crippen LogP contribution is 2.32. The van der Waals surface area contributed by atoms with Crippen molar-refractivity contribution < 1.29 is 23.9 Å². The van der Waals surface area contributed by atoms with Gasteiger partial charge < -0.3 is 35.2 Å². The van der Waals surface area contributed by atoms with Crippen molar-refractivity contribution in [2.45, 2.75) is 75.7 Å². The number of benzene rings is 1. The fraction of sp³-hybridized carbons (Fsp3) is 0.667. The van der Waals surface area contributed by atoms with E-state index in [0.717, 1.165) is 45.1 Å². The van der Waals surface area contributed by atoms with E-state index in [9.17, 15) is 14.4 Å². The van der Waals surface area contributed by atoms with Crippen LogP contribution >= 0.6 is 0 Å². The van der Waals surface area contributed by atoms with Gasteiger partial charge in [-0.3, -0.25) is 9.59 Å². The second kappa shape index (κ2) is 12.6. The number of hydrogen-bond acceptors (Lipinski definition) is 6. The first-order valence-corrected chi connectivity index (χ1v) is 13.5. The van der Waals surface area contributed by atoms with Crippen LogP contribution in [0.1, 0.15) is 61.7 Å². The molecule has 2 fully saturated rings. The lowest BCUT2D eigenvalue weighted by Crippen LogP contribution is -2.54. The lowest BCUT2D eigenvalue weighted by Gasteiger charge is -2.42. The third-order valence-corrected chi connectivity index (χ3v) is 7.48. The van der Waals surface area contributed by atoms with Crippen LogP contribution in [0, 0.1) is 0 Å². The Kier molecular flexibility index (Phi) is 9.26. The molecule has 3 atom stereocenters. The Morgan fingerprint density at radius 1 is 1.14 bits per heavy atom. The number of rotatable bonds is 8. The summed E-state index contributed by atoms with van der Waals surface area (Å²) in [5.74, 6) is 0.271. The number of ether oxygens (including phenoxy) is 2. The van der Waals surface area contributed by atoms with Crippen molar-refractivity contribution in [2.75, 3.05) is 46.2 Å². The zero-order chi connectivity index (χ0) is 26.4. The highest BCUT2D eigenvalue weighted by Gasteiger charge is 2.39. The quantitative estimate of drug-likeness (QED) is 0.459. The highest BCUT2D eigenvalue weighted by molar-refractivity contribution is 5.99. The van der Waals surface area contributed by atoms with E-state index in [0.29, 0.717) is 36.4 Å². The minimum atomic E-state index is -0.322. The number of nitrogens with one attached hydrogen (secondary N) is 3. The zero-order valence-electron chi connectivity index (χ0n) is 22.3.